The fraction of sp³-hybridized carbons (Fsp3) is 0.333. The molecule has 4 nitrogen and oxygen atoms in total. The van der Waals surface area contributed by atoms with E-state index in [0.717, 1.165) is 11.5 Å². The lowest BCUT2D eigenvalue weighted by atomic mass is 9.73. The number of ether oxygens (including phenoxy) is 2. The molecule has 2 aromatic rings. The molecule has 0 saturated carbocycles. The van der Waals surface area contributed by atoms with Gasteiger partial charge >= 0.3 is 7.12 Å². The molecule has 1 aliphatic rings. The summed E-state index contributed by atoms with van der Waals surface area (Å²) < 4.78 is 23.9. The summed E-state index contributed by atoms with van der Waals surface area (Å²) in [6, 6.07) is 19.2. The van der Waals surface area contributed by atoms with E-state index < -0.39 is 5.79 Å². The maximum atomic E-state index is 6.10. The van der Waals surface area contributed by atoms with Gasteiger partial charge in [0, 0.05) is 0 Å². The van der Waals surface area contributed by atoms with Crippen molar-refractivity contribution < 1.29 is 18.8 Å². The summed E-state index contributed by atoms with van der Waals surface area (Å²) in [5, 5.41) is 0. The maximum absolute atomic E-state index is 6.10. The Kier molecular flexibility index (Phi) is 4.89. The van der Waals surface area contributed by atoms with Crippen molar-refractivity contribution in [2.45, 2.75) is 25.5 Å². The summed E-state index contributed by atoms with van der Waals surface area (Å²) in [5.41, 5.74) is 0. The SMILES string of the molecule is CC(C)B1OCC(Oc2ccccc2)(Oc2ccccc2)CO1. The first-order valence-electron chi connectivity index (χ1n) is 7.88. The van der Waals surface area contributed by atoms with Crippen LogP contribution in [0.3, 0.4) is 0 Å². The van der Waals surface area contributed by atoms with E-state index in [4.69, 9.17) is 18.8 Å². The highest BCUT2D eigenvalue weighted by Gasteiger charge is 2.44. The normalized spacial score (nSPS) is 17.1. The summed E-state index contributed by atoms with van der Waals surface area (Å²) in [5.74, 6) is 0.729. The fourth-order valence-corrected chi connectivity index (χ4v) is 2.44. The molecule has 1 fully saturated rings. The van der Waals surface area contributed by atoms with Crippen molar-refractivity contribution in [2.75, 3.05) is 13.2 Å². The first-order chi connectivity index (χ1) is 11.2. The van der Waals surface area contributed by atoms with E-state index >= 15 is 0 Å². The predicted octanol–water partition coefficient (Wildman–Crippen LogP) is 3.79. The fourth-order valence-electron chi connectivity index (χ4n) is 2.44. The Hall–Kier alpha value is -1.98. The van der Waals surface area contributed by atoms with Gasteiger partial charge in [0.15, 0.2) is 0 Å². The van der Waals surface area contributed by atoms with Crippen molar-refractivity contribution >= 4 is 7.12 Å². The maximum Gasteiger partial charge on any atom is 0.460 e. The second-order valence-corrected chi connectivity index (χ2v) is 5.98. The lowest BCUT2D eigenvalue weighted by Gasteiger charge is -2.39. The number of rotatable bonds is 5. The summed E-state index contributed by atoms with van der Waals surface area (Å²) in [6.45, 7) is 4.74. The van der Waals surface area contributed by atoms with Gasteiger partial charge < -0.3 is 18.8 Å². The van der Waals surface area contributed by atoms with Crippen LogP contribution >= 0.6 is 0 Å². The zero-order valence-corrected chi connectivity index (χ0v) is 13.5. The molecule has 1 heterocycles. The smallest absolute Gasteiger partial charge is 0.448 e. The van der Waals surface area contributed by atoms with Gasteiger partial charge in [-0.3, -0.25) is 0 Å². The summed E-state index contributed by atoms with van der Waals surface area (Å²) in [4.78, 5) is 0. The molecule has 0 radical (unpaired) electrons. The van der Waals surface area contributed by atoms with Gasteiger partial charge in [-0.15, -0.1) is 0 Å². The molecule has 3 rings (SSSR count). The summed E-state index contributed by atoms with van der Waals surface area (Å²) in [7, 11) is -0.234. The average molecular weight is 312 g/mol. The van der Waals surface area contributed by atoms with Gasteiger partial charge in [-0.2, -0.15) is 0 Å². The van der Waals surface area contributed by atoms with Crippen LogP contribution in [-0.2, 0) is 9.31 Å². The highest BCUT2D eigenvalue weighted by molar-refractivity contribution is 6.46. The quantitative estimate of drug-likeness (QED) is 0.622. The van der Waals surface area contributed by atoms with Crippen LogP contribution in [0.4, 0.5) is 0 Å². The second-order valence-electron chi connectivity index (χ2n) is 5.98. The zero-order chi connectivity index (χ0) is 16.1. The topological polar surface area (TPSA) is 36.9 Å². The molecule has 1 saturated heterocycles. The van der Waals surface area contributed by atoms with Crippen LogP contribution in [0.25, 0.3) is 0 Å². The number of hydrogen-bond donors (Lipinski definition) is 0. The first kappa shape index (κ1) is 15.9. The first-order valence-corrected chi connectivity index (χ1v) is 7.88. The summed E-state index contributed by atoms with van der Waals surface area (Å²) in [6.07, 6.45) is 0. The van der Waals surface area contributed by atoms with Crippen molar-refractivity contribution in [2.24, 2.45) is 0 Å². The van der Waals surface area contributed by atoms with E-state index in [-0.39, 0.29) is 12.9 Å². The Morgan fingerprint density at radius 3 is 1.65 bits per heavy atom. The van der Waals surface area contributed by atoms with E-state index in [9.17, 15) is 0 Å². The van der Waals surface area contributed by atoms with E-state index in [2.05, 4.69) is 13.8 Å². The van der Waals surface area contributed by atoms with Gasteiger partial charge in [0.05, 0.1) is 0 Å². The molecular formula is C18H21BO4. The third kappa shape index (κ3) is 4.06. The van der Waals surface area contributed by atoms with Crippen molar-refractivity contribution in [3.05, 3.63) is 60.7 Å². The lowest BCUT2D eigenvalue weighted by Crippen LogP contribution is -2.57. The number of benzene rings is 2. The predicted molar refractivity (Wildman–Crippen MR) is 89.6 cm³/mol. The minimum atomic E-state index is -0.992. The van der Waals surface area contributed by atoms with Gasteiger partial charge in [-0.1, -0.05) is 50.2 Å². The molecule has 0 N–H and O–H groups in total. The standard InChI is InChI=1S/C18H21BO4/c1-15(2)19-20-13-18(14-21-19,22-16-9-5-3-6-10-16)23-17-11-7-4-8-12-17/h3-12,15H,13-14H2,1-2H3. The van der Waals surface area contributed by atoms with Crippen molar-refractivity contribution in [3.8, 4) is 11.5 Å². The van der Waals surface area contributed by atoms with Gasteiger partial charge in [-0.25, -0.2) is 0 Å². The van der Waals surface area contributed by atoms with E-state index in [1.165, 1.54) is 0 Å². The molecule has 0 aromatic heterocycles. The van der Waals surface area contributed by atoms with Crippen LogP contribution in [0, 0.1) is 0 Å². The molecule has 0 atom stereocenters. The van der Waals surface area contributed by atoms with Gasteiger partial charge in [0.2, 0.25) is 0 Å². The Bertz CT molecular complexity index is 551. The third-order valence-electron chi connectivity index (χ3n) is 3.57. The third-order valence-corrected chi connectivity index (χ3v) is 3.57. The molecule has 5 heteroatoms. The van der Waals surface area contributed by atoms with Gasteiger partial charge in [0.1, 0.15) is 24.7 Å². The highest BCUT2D eigenvalue weighted by atomic mass is 16.8. The van der Waals surface area contributed by atoms with E-state index in [1.54, 1.807) is 0 Å². The Morgan fingerprint density at radius 1 is 0.826 bits per heavy atom. The average Bonchev–Trinajstić information content (AvgIpc) is 2.57. The van der Waals surface area contributed by atoms with Crippen LogP contribution in [0.2, 0.25) is 5.82 Å². The van der Waals surface area contributed by atoms with Gasteiger partial charge in [0.25, 0.3) is 5.79 Å². The minimum Gasteiger partial charge on any atom is -0.448 e. The van der Waals surface area contributed by atoms with Gasteiger partial charge in [-0.05, 0) is 30.1 Å². The van der Waals surface area contributed by atoms with Crippen LogP contribution in [0.15, 0.2) is 60.7 Å². The second kappa shape index (κ2) is 7.07. The molecule has 1 aliphatic heterocycles. The lowest BCUT2D eigenvalue weighted by molar-refractivity contribution is -0.185. The van der Waals surface area contributed by atoms with Crippen LogP contribution in [-0.4, -0.2) is 26.1 Å². The molecule has 0 aliphatic carbocycles. The zero-order valence-electron chi connectivity index (χ0n) is 13.5. The van der Waals surface area contributed by atoms with E-state index in [0.29, 0.717) is 13.2 Å². The largest absolute Gasteiger partial charge is 0.460 e. The molecule has 0 amide bonds. The van der Waals surface area contributed by atoms with Crippen LogP contribution in [0.5, 0.6) is 11.5 Å². The molecule has 0 bridgehead atoms. The van der Waals surface area contributed by atoms with Crippen molar-refractivity contribution in [3.63, 3.8) is 0 Å². The van der Waals surface area contributed by atoms with E-state index in [1.807, 2.05) is 60.7 Å². The van der Waals surface area contributed by atoms with Crippen LogP contribution < -0.4 is 9.47 Å². The minimum absolute atomic E-state index is 0.234. The Labute approximate surface area is 137 Å². The monoisotopic (exact) mass is 312 g/mol. The summed E-state index contributed by atoms with van der Waals surface area (Å²) >= 11 is 0. The molecule has 23 heavy (non-hydrogen) atoms. The molecule has 0 unspecified atom stereocenters. The molecule has 0 spiro atoms. The Morgan fingerprint density at radius 2 is 1.26 bits per heavy atom. The van der Waals surface area contributed by atoms with Crippen molar-refractivity contribution in [1.29, 1.82) is 0 Å². The van der Waals surface area contributed by atoms with Crippen LogP contribution in [0.1, 0.15) is 13.8 Å². The highest BCUT2D eigenvalue weighted by Crippen LogP contribution is 2.28. The molecular weight excluding hydrogens is 291 g/mol. The number of para-hydroxylation sites is 2. The van der Waals surface area contributed by atoms with Crippen molar-refractivity contribution in [1.82, 2.24) is 0 Å². The molecule has 2 aromatic carbocycles. The number of hydrogen-bond acceptors (Lipinski definition) is 4. The molecule has 120 valence electrons. The Balaban J connectivity index is 1.79.